The van der Waals surface area contributed by atoms with Crippen LogP contribution in [0.5, 0.6) is 5.75 Å². The Balaban J connectivity index is 2.20. The predicted molar refractivity (Wildman–Crippen MR) is 64.5 cm³/mol. The molecule has 0 aliphatic carbocycles. The molecular weight excluding hydrogens is 304 g/mol. The Morgan fingerprint density at radius 3 is 2.89 bits per heavy atom. The smallest absolute Gasteiger partial charge is 0.339 e. The zero-order valence-corrected chi connectivity index (χ0v) is 11.0. The van der Waals surface area contributed by atoms with E-state index < -0.39 is 5.97 Å². The maximum Gasteiger partial charge on any atom is 0.339 e. The molecule has 18 heavy (non-hydrogen) atoms. The van der Waals surface area contributed by atoms with Crippen LogP contribution in [0.4, 0.5) is 0 Å². The molecule has 0 fully saturated rings. The number of aromatic carboxylic acids is 1. The van der Waals surface area contributed by atoms with Crippen molar-refractivity contribution in [2.45, 2.75) is 13.5 Å². The van der Waals surface area contributed by atoms with Crippen molar-refractivity contribution in [3.8, 4) is 5.75 Å². The number of carbonyl (C=O) groups is 1. The van der Waals surface area contributed by atoms with Crippen molar-refractivity contribution in [2.24, 2.45) is 0 Å². The highest BCUT2D eigenvalue weighted by molar-refractivity contribution is 9.10. The van der Waals surface area contributed by atoms with Gasteiger partial charge in [0.2, 0.25) is 5.89 Å². The summed E-state index contributed by atoms with van der Waals surface area (Å²) in [7, 11) is 0. The van der Waals surface area contributed by atoms with Crippen molar-refractivity contribution in [3.63, 3.8) is 0 Å². The molecule has 0 bridgehead atoms. The minimum atomic E-state index is -1.06. The molecule has 0 saturated carbocycles. The monoisotopic (exact) mass is 312 g/mol. The Kier molecular flexibility index (Phi) is 3.61. The van der Waals surface area contributed by atoms with Gasteiger partial charge in [-0.1, -0.05) is 6.07 Å². The van der Waals surface area contributed by atoms with Crippen LogP contribution in [-0.2, 0) is 6.61 Å². The second kappa shape index (κ2) is 5.18. The van der Waals surface area contributed by atoms with Crippen LogP contribution in [0.25, 0.3) is 0 Å². The number of ether oxygens (including phenoxy) is 1. The van der Waals surface area contributed by atoms with Crippen LogP contribution >= 0.6 is 15.9 Å². The number of carboxylic acids is 1. The van der Waals surface area contributed by atoms with Crippen molar-refractivity contribution in [2.75, 3.05) is 0 Å². The highest BCUT2D eigenvalue weighted by Gasteiger charge is 2.15. The van der Waals surface area contributed by atoms with E-state index in [1.54, 1.807) is 19.1 Å². The first-order chi connectivity index (χ1) is 8.58. The summed E-state index contributed by atoms with van der Waals surface area (Å²) < 4.78 is 11.1. The zero-order chi connectivity index (χ0) is 13.1. The molecule has 0 spiro atoms. The normalized spacial score (nSPS) is 10.3. The summed E-state index contributed by atoms with van der Waals surface area (Å²) in [5, 5.41) is 16.5. The van der Waals surface area contributed by atoms with E-state index >= 15 is 0 Å². The van der Waals surface area contributed by atoms with Crippen LogP contribution in [0, 0.1) is 6.92 Å². The summed E-state index contributed by atoms with van der Waals surface area (Å²) in [5.41, 5.74) is 0.0700. The summed E-state index contributed by atoms with van der Waals surface area (Å²) in [6.07, 6.45) is 0. The molecule has 94 valence electrons. The number of carboxylic acid groups (broad SMARTS) is 1. The molecule has 0 radical (unpaired) electrons. The van der Waals surface area contributed by atoms with E-state index in [0.717, 1.165) is 0 Å². The topological polar surface area (TPSA) is 85.5 Å². The molecule has 2 rings (SSSR count). The molecular formula is C11H9BrN2O4. The number of hydrogen-bond donors (Lipinski definition) is 1. The molecule has 1 aromatic heterocycles. The van der Waals surface area contributed by atoms with Gasteiger partial charge in [-0.15, -0.1) is 10.2 Å². The van der Waals surface area contributed by atoms with Gasteiger partial charge >= 0.3 is 5.97 Å². The van der Waals surface area contributed by atoms with E-state index in [4.69, 9.17) is 14.3 Å². The molecule has 0 aliphatic rings. The van der Waals surface area contributed by atoms with Crippen LogP contribution in [0.3, 0.4) is 0 Å². The number of nitrogens with zero attached hydrogens (tertiary/aromatic N) is 2. The number of para-hydroxylation sites is 1. The van der Waals surface area contributed by atoms with Crippen LogP contribution in [0.1, 0.15) is 22.1 Å². The molecule has 1 N–H and O–H groups in total. The average molecular weight is 313 g/mol. The maximum atomic E-state index is 11.0. The van der Waals surface area contributed by atoms with Gasteiger partial charge in [0.05, 0.1) is 4.47 Å². The van der Waals surface area contributed by atoms with E-state index in [2.05, 4.69) is 26.1 Å². The van der Waals surface area contributed by atoms with Crippen molar-refractivity contribution in [1.29, 1.82) is 0 Å². The Hall–Kier alpha value is -1.89. The molecule has 6 nitrogen and oxygen atoms in total. The van der Waals surface area contributed by atoms with Gasteiger partial charge < -0.3 is 14.3 Å². The third-order valence-electron chi connectivity index (χ3n) is 2.11. The molecule has 2 aromatic rings. The van der Waals surface area contributed by atoms with E-state index in [9.17, 15) is 4.79 Å². The average Bonchev–Trinajstić information content (AvgIpc) is 2.73. The van der Waals surface area contributed by atoms with Crippen molar-refractivity contribution >= 4 is 21.9 Å². The fourth-order valence-corrected chi connectivity index (χ4v) is 1.83. The Labute approximate surface area is 111 Å². The van der Waals surface area contributed by atoms with Gasteiger partial charge in [-0.25, -0.2) is 4.79 Å². The van der Waals surface area contributed by atoms with Crippen LogP contribution in [0.15, 0.2) is 27.1 Å². The van der Waals surface area contributed by atoms with Gasteiger partial charge in [0.25, 0.3) is 5.89 Å². The minimum Gasteiger partial charge on any atom is -0.482 e. The van der Waals surface area contributed by atoms with Gasteiger partial charge in [0.1, 0.15) is 11.3 Å². The lowest BCUT2D eigenvalue weighted by Crippen LogP contribution is -2.04. The quantitative estimate of drug-likeness (QED) is 0.933. The van der Waals surface area contributed by atoms with E-state index in [1.165, 1.54) is 6.07 Å². The van der Waals surface area contributed by atoms with Gasteiger partial charge in [0, 0.05) is 6.92 Å². The summed E-state index contributed by atoms with van der Waals surface area (Å²) in [5.74, 6) is -0.104. The minimum absolute atomic E-state index is 0.0176. The summed E-state index contributed by atoms with van der Waals surface area (Å²) in [6, 6.07) is 4.78. The number of benzene rings is 1. The molecule has 1 heterocycles. The van der Waals surface area contributed by atoms with Gasteiger partial charge in [0.15, 0.2) is 6.61 Å². The summed E-state index contributed by atoms with van der Waals surface area (Å²) in [4.78, 5) is 11.0. The third-order valence-corrected chi connectivity index (χ3v) is 2.73. The number of aryl methyl sites for hydroxylation is 1. The Bertz CT molecular complexity index is 582. The molecule has 0 amide bonds. The molecule has 0 atom stereocenters. The van der Waals surface area contributed by atoms with E-state index in [-0.39, 0.29) is 17.9 Å². The first-order valence-electron chi connectivity index (χ1n) is 5.01. The second-order valence-corrected chi connectivity index (χ2v) is 4.28. The van der Waals surface area contributed by atoms with Gasteiger partial charge in [-0.3, -0.25) is 0 Å². The summed E-state index contributed by atoms with van der Waals surface area (Å²) >= 11 is 3.24. The molecule has 0 unspecified atom stereocenters. The molecule has 1 aromatic carbocycles. The van der Waals surface area contributed by atoms with E-state index in [1.807, 2.05) is 0 Å². The first kappa shape index (κ1) is 12.6. The lowest BCUT2D eigenvalue weighted by Gasteiger charge is -2.08. The van der Waals surface area contributed by atoms with Crippen molar-refractivity contribution in [1.82, 2.24) is 10.2 Å². The molecule has 0 saturated heterocycles. The fourth-order valence-electron chi connectivity index (χ4n) is 1.35. The zero-order valence-electron chi connectivity index (χ0n) is 9.38. The lowest BCUT2D eigenvalue weighted by atomic mass is 10.2. The van der Waals surface area contributed by atoms with Gasteiger partial charge in [-0.2, -0.15) is 0 Å². The van der Waals surface area contributed by atoms with Crippen LogP contribution < -0.4 is 4.74 Å². The standard InChI is InChI=1S/C11H9BrN2O4/c1-6-13-14-9(18-6)5-17-10-7(11(15)16)3-2-4-8(10)12/h2-4H,5H2,1H3,(H,15,16). The number of halogens is 1. The Morgan fingerprint density at radius 1 is 1.50 bits per heavy atom. The molecule has 7 heteroatoms. The number of aromatic nitrogens is 2. The van der Waals surface area contributed by atoms with Gasteiger partial charge in [-0.05, 0) is 28.1 Å². The number of hydrogen-bond acceptors (Lipinski definition) is 5. The first-order valence-corrected chi connectivity index (χ1v) is 5.81. The molecule has 0 aliphatic heterocycles. The van der Waals surface area contributed by atoms with Crippen molar-refractivity contribution < 1.29 is 19.1 Å². The number of rotatable bonds is 4. The third kappa shape index (κ3) is 2.67. The predicted octanol–water partition coefficient (Wildman–Crippen LogP) is 2.42. The van der Waals surface area contributed by atoms with Crippen molar-refractivity contribution in [3.05, 3.63) is 40.0 Å². The van der Waals surface area contributed by atoms with E-state index in [0.29, 0.717) is 16.3 Å². The van der Waals surface area contributed by atoms with Crippen LogP contribution in [-0.4, -0.2) is 21.3 Å². The largest absolute Gasteiger partial charge is 0.482 e. The highest BCUT2D eigenvalue weighted by atomic mass is 79.9. The highest BCUT2D eigenvalue weighted by Crippen LogP contribution is 2.29. The van der Waals surface area contributed by atoms with Crippen LogP contribution in [0.2, 0.25) is 0 Å². The maximum absolute atomic E-state index is 11.0. The summed E-state index contributed by atoms with van der Waals surface area (Å²) in [6.45, 7) is 1.68. The second-order valence-electron chi connectivity index (χ2n) is 3.43. The SMILES string of the molecule is Cc1nnc(COc2c(Br)cccc2C(=O)O)o1. The lowest BCUT2D eigenvalue weighted by molar-refractivity contribution is 0.0691. The fraction of sp³-hybridized carbons (Fsp3) is 0.182. The Morgan fingerprint density at radius 2 is 2.28 bits per heavy atom.